The number of rotatable bonds is 5. The lowest BCUT2D eigenvalue weighted by atomic mass is 9.76. The fourth-order valence-electron chi connectivity index (χ4n) is 10.9. The highest BCUT2D eigenvalue weighted by atomic mass is 32.2. The second-order valence-electron chi connectivity index (χ2n) is 18.4. The molecule has 9 heteroatoms. The van der Waals surface area contributed by atoms with Gasteiger partial charge in [-0.15, -0.1) is 0 Å². The van der Waals surface area contributed by atoms with Gasteiger partial charge in [-0.2, -0.15) is 9.97 Å². The summed E-state index contributed by atoms with van der Waals surface area (Å²) in [4.78, 5) is 16.1. The predicted molar refractivity (Wildman–Crippen MR) is 276 cm³/mol. The van der Waals surface area contributed by atoms with E-state index in [2.05, 4.69) is 102 Å². The predicted octanol–water partition coefficient (Wildman–Crippen LogP) is 14.4. The van der Waals surface area contributed by atoms with Gasteiger partial charge in [0.2, 0.25) is 15.8 Å². The van der Waals surface area contributed by atoms with Crippen LogP contribution in [-0.4, -0.2) is 32.5 Å². The molecule has 0 N–H and O–H groups in total. The third kappa shape index (κ3) is 5.74. The summed E-state index contributed by atoms with van der Waals surface area (Å²) in [5.41, 5.74) is 10.9. The number of fused-ring (bicyclic) bond motifs is 12. The molecule has 0 saturated carbocycles. The van der Waals surface area contributed by atoms with Crippen molar-refractivity contribution >= 4 is 75.4 Å². The van der Waals surface area contributed by atoms with E-state index >= 15 is 0 Å². The van der Waals surface area contributed by atoms with E-state index < -0.39 is 15.3 Å². The summed E-state index contributed by atoms with van der Waals surface area (Å²) >= 11 is 0. The second kappa shape index (κ2) is 14.4. The highest BCUT2D eigenvalue weighted by Crippen LogP contribution is 2.49. The zero-order valence-corrected chi connectivity index (χ0v) is 38.2. The van der Waals surface area contributed by atoms with Crippen LogP contribution in [-0.2, 0) is 15.3 Å². The Morgan fingerprint density at radius 2 is 0.986 bits per heavy atom. The van der Waals surface area contributed by atoms with Crippen molar-refractivity contribution < 1.29 is 12.8 Å². The molecule has 0 aliphatic carbocycles. The summed E-state index contributed by atoms with van der Waals surface area (Å²) in [7, 11) is -3.85. The van der Waals surface area contributed by atoms with Crippen molar-refractivity contribution in [1.29, 1.82) is 0 Å². The fourth-order valence-corrected chi connectivity index (χ4v) is 12.8. The van der Waals surface area contributed by atoms with Crippen LogP contribution in [0.2, 0.25) is 0 Å². The molecule has 69 heavy (non-hydrogen) atoms. The maximum Gasteiger partial charge on any atom is 0.238 e. The summed E-state index contributed by atoms with van der Waals surface area (Å²) in [5, 5.41) is 6.24. The lowest BCUT2D eigenvalue weighted by Crippen LogP contribution is -2.30. The zero-order chi connectivity index (χ0) is 46.2. The van der Waals surface area contributed by atoms with Crippen LogP contribution in [0.4, 0.5) is 0 Å². The van der Waals surface area contributed by atoms with Crippen LogP contribution in [0.25, 0.3) is 111 Å². The van der Waals surface area contributed by atoms with E-state index in [0.717, 1.165) is 105 Å². The maximum atomic E-state index is 14.7. The van der Waals surface area contributed by atoms with Gasteiger partial charge in [0.1, 0.15) is 11.2 Å². The lowest BCUT2D eigenvalue weighted by molar-refractivity contribution is 0.555. The van der Waals surface area contributed by atoms with Crippen molar-refractivity contribution in [2.24, 2.45) is 0 Å². The maximum absolute atomic E-state index is 14.7. The Morgan fingerprint density at radius 3 is 1.67 bits per heavy atom. The van der Waals surface area contributed by atoms with Crippen molar-refractivity contribution in [3.8, 4) is 45.5 Å². The molecule has 0 unspecified atom stereocenters. The molecule has 328 valence electrons. The van der Waals surface area contributed by atoms with Gasteiger partial charge in [-0.05, 0) is 95.1 Å². The first kappa shape index (κ1) is 39.5. The number of benzene rings is 9. The molecule has 0 radical (unpaired) electrons. The molecule has 0 bridgehead atoms. The number of para-hydroxylation sites is 3. The minimum absolute atomic E-state index is 0.332. The minimum Gasteiger partial charge on any atom is -0.456 e. The van der Waals surface area contributed by atoms with Gasteiger partial charge >= 0.3 is 0 Å². The van der Waals surface area contributed by atoms with E-state index in [-0.39, 0.29) is 0 Å². The molecule has 14 rings (SSSR count). The molecule has 0 spiro atoms. The zero-order valence-electron chi connectivity index (χ0n) is 37.4. The Morgan fingerprint density at radius 1 is 0.435 bits per heavy atom. The normalized spacial score (nSPS) is 14.0. The van der Waals surface area contributed by atoms with Gasteiger partial charge in [-0.3, -0.25) is 4.57 Å². The lowest BCUT2D eigenvalue weighted by Gasteiger charge is -2.35. The first-order valence-electron chi connectivity index (χ1n) is 23.0. The topological polar surface area (TPSA) is 95.8 Å². The molecule has 0 fully saturated rings. The summed E-state index contributed by atoms with van der Waals surface area (Å²) in [5.74, 6) is 1.60. The summed E-state index contributed by atoms with van der Waals surface area (Å²) in [6.07, 6.45) is 0. The highest BCUT2D eigenvalue weighted by Gasteiger charge is 2.41. The third-order valence-electron chi connectivity index (χ3n) is 14.2. The van der Waals surface area contributed by atoms with Crippen LogP contribution in [0.1, 0.15) is 25.0 Å². The van der Waals surface area contributed by atoms with Gasteiger partial charge in [0.15, 0.2) is 11.6 Å². The number of aromatic nitrogens is 5. The van der Waals surface area contributed by atoms with Crippen LogP contribution in [0.5, 0.6) is 0 Å². The molecule has 0 amide bonds. The standard InChI is InChI=1S/C60H39N5O3S/c1-60(2)46-34-39(26-31-53(46)69(66,67)54-32-27-40(35-47(54)60)64-48-22-12-9-19-41(48)42-20-10-13-23-49(42)64)38-25-29-50-45(33-38)43-28-30-52-55(44-21-11-14-24-51(44)68-52)56(43)65(50)59-62-57(36-15-5-3-6-16-36)61-58(63-59)37-17-7-4-8-18-37/h3-35H,1-2H3. The average molecular weight is 910 g/mol. The smallest absolute Gasteiger partial charge is 0.238 e. The van der Waals surface area contributed by atoms with E-state index in [4.69, 9.17) is 19.4 Å². The van der Waals surface area contributed by atoms with Crippen molar-refractivity contribution in [2.45, 2.75) is 29.1 Å². The first-order valence-corrected chi connectivity index (χ1v) is 24.5. The molecular formula is C60H39N5O3S. The van der Waals surface area contributed by atoms with E-state index in [1.165, 1.54) is 0 Å². The monoisotopic (exact) mass is 909 g/mol. The van der Waals surface area contributed by atoms with Crippen molar-refractivity contribution in [3.05, 3.63) is 211 Å². The Balaban J connectivity index is 0.972. The quantitative estimate of drug-likeness (QED) is 0.171. The number of sulfone groups is 1. The minimum atomic E-state index is -3.85. The third-order valence-corrected chi connectivity index (χ3v) is 16.1. The van der Waals surface area contributed by atoms with Crippen molar-refractivity contribution in [1.82, 2.24) is 24.1 Å². The largest absolute Gasteiger partial charge is 0.456 e. The molecule has 0 atom stereocenters. The SMILES string of the molecule is CC1(C)c2cc(-c3ccc4c(c3)c3ccc5oc6ccccc6c5c3n4-c3nc(-c4ccccc4)nc(-c4ccccc4)n3)ccc2S(=O)(=O)c2ccc(-n3c4ccccc4c4ccccc43)cc21. The first-order chi connectivity index (χ1) is 33.7. The van der Waals surface area contributed by atoms with Crippen molar-refractivity contribution in [2.75, 3.05) is 0 Å². The highest BCUT2D eigenvalue weighted by molar-refractivity contribution is 7.91. The molecule has 13 aromatic rings. The summed E-state index contributed by atoms with van der Waals surface area (Å²) < 4.78 is 40.3. The van der Waals surface area contributed by atoms with Crippen LogP contribution in [0.3, 0.4) is 0 Å². The number of hydrogen-bond acceptors (Lipinski definition) is 6. The van der Waals surface area contributed by atoms with E-state index in [9.17, 15) is 8.42 Å². The Labute approximate surface area is 396 Å². The van der Waals surface area contributed by atoms with Gasteiger partial charge < -0.3 is 8.98 Å². The fraction of sp³-hybridized carbons (Fsp3) is 0.0500. The molecular weight excluding hydrogens is 871 g/mol. The summed E-state index contributed by atoms with van der Waals surface area (Å²) in [6, 6.07) is 67.1. The Hall–Kier alpha value is -8.66. The van der Waals surface area contributed by atoms with Gasteiger partial charge in [-0.1, -0.05) is 141 Å². The average Bonchev–Trinajstić information content (AvgIpc) is 4.06. The summed E-state index contributed by atoms with van der Waals surface area (Å²) in [6.45, 7) is 4.27. The number of nitrogens with zero attached hydrogens (tertiary/aromatic N) is 5. The molecule has 4 aromatic heterocycles. The Bertz CT molecular complexity index is 4310. The van der Waals surface area contributed by atoms with E-state index in [0.29, 0.717) is 27.4 Å². The molecule has 1 aliphatic heterocycles. The van der Waals surface area contributed by atoms with Crippen LogP contribution < -0.4 is 0 Å². The van der Waals surface area contributed by atoms with E-state index in [1.54, 1.807) is 12.1 Å². The number of hydrogen-bond donors (Lipinski definition) is 0. The molecule has 9 aromatic carbocycles. The van der Waals surface area contributed by atoms with Gasteiger partial charge in [0, 0.05) is 49.2 Å². The molecule has 0 saturated heterocycles. The van der Waals surface area contributed by atoms with E-state index in [1.807, 2.05) is 109 Å². The van der Waals surface area contributed by atoms with Crippen LogP contribution >= 0.6 is 0 Å². The van der Waals surface area contributed by atoms with Crippen LogP contribution in [0.15, 0.2) is 214 Å². The van der Waals surface area contributed by atoms with Crippen molar-refractivity contribution in [3.63, 3.8) is 0 Å². The van der Waals surface area contributed by atoms with Crippen LogP contribution in [0, 0.1) is 0 Å². The van der Waals surface area contributed by atoms with Gasteiger partial charge in [0.05, 0.1) is 37.2 Å². The number of furan rings is 1. The Kier molecular flexibility index (Phi) is 8.26. The second-order valence-corrected chi connectivity index (χ2v) is 20.3. The van der Waals surface area contributed by atoms with Gasteiger partial charge in [-0.25, -0.2) is 13.4 Å². The molecule has 8 nitrogen and oxygen atoms in total. The van der Waals surface area contributed by atoms with Gasteiger partial charge in [0.25, 0.3) is 0 Å². The molecule has 1 aliphatic rings. The molecule has 5 heterocycles.